The minimum atomic E-state index is -0.0292. The molecule has 1 aromatic heterocycles. The molecule has 25 heavy (non-hydrogen) atoms. The minimum Gasteiger partial charge on any atom is -0.355 e. The van der Waals surface area contributed by atoms with E-state index in [1.807, 2.05) is 23.1 Å². The number of carbonyl (C=O) groups is 1. The Morgan fingerprint density at radius 3 is 2.80 bits per heavy atom. The van der Waals surface area contributed by atoms with E-state index in [9.17, 15) is 4.79 Å². The van der Waals surface area contributed by atoms with Gasteiger partial charge in [-0.1, -0.05) is 37.3 Å². The molecule has 0 spiro atoms. The smallest absolute Gasteiger partial charge is 0.257 e. The summed E-state index contributed by atoms with van der Waals surface area (Å²) < 4.78 is 0. The highest BCUT2D eigenvalue weighted by Gasteiger charge is 2.42. The molecular weight excluding hydrogens is 310 g/mol. The predicted octanol–water partition coefficient (Wildman–Crippen LogP) is 4.10. The Balaban J connectivity index is 1.74. The van der Waals surface area contributed by atoms with Gasteiger partial charge in [-0.2, -0.15) is 0 Å². The molecule has 2 aromatic carbocycles. The van der Waals surface area contributed by atoms with Gasteiger partial charge < -0.3 is 14.8 Å². The maximum atomic E-state index is 13.1. The second-order valence-electron chi connectivity index (χ2n) is 6.90. The van der Waals surface area contributed by atoms with E-state index in [0.717, 1.165) is 42.7 Å². The molecule has 1 N–H and O–H groups in total. The van der Waals surface area contributed by atoms with Crippen molar-refractivity contribution in [3.63, 3.8) is 0 Å². The summed E-state index contributed by atoms with van der Waals surface area (Å²) in [6.07, 6.45) is 1.92. The normalized spacial score (nSPS) is 18.9. The number of aromatic nitrogens is 1. The summed E-state index contributed by atoms with van der Waals surface area (Å²) in [5.74, 6) is 0.150. The summed E-state index contributed by atoms with van der Waals surface area (Å²) in [6, 6.07) is 16.5. The Bertz CT molecular complexity index is 974. The number of rotatable bonds is 2. The number of aromatic amines is 1. The Labute approximate surface area is 147 Å². The molecule has 0 aliphatic carbocycles. The van der Waals surface area contributed by atoms with Crippen molar-refractivity contribution in [3.05, 3.63) is 65.4 Å². The van der Waals surface area contributed by atoms with E-state index in [1.54, 1.807) is 0 Å². The van der Waals surface area contributed by atoms with Crippen molar-refractivity contribution in [2.24, 2.45) is 0 Å². The van der Waals surface area contributed by atoms with Crippen LogP contribution in [0.2, 0.25) is 0 Å². The maximum absolute atomic E-state index is 13.1. The fourth-order valence-electron chi connectivity index (χ4n) is 4.43. The van der Waals surface area contributed by atoms with Gasteiger partial charge in [0.05, 0.1) is 16.9 Å². The molecule has 0 saturated carbocycles. The monoisotopic (exact) mass is 331 g/mol. The van der Waals surface area contributed by atoms with E-state index in [0.29, 0.717) is 0 Å². The third-order valence-corrected chi connectivity index (χ3v) is 5.47. The number of H-pyrrole nitrogens is 1. The van der Waals surface area contributed by atoms with Crippen molar-refractivity contribution in [3.8, 4) is 0 Å². The molecule has 0 saturated heterocycles. The van der Waals surface area contributed by atoms with Crippen molar-refractivity contribution in [1.82, 2.24) is 9.88 Å². The number of nitrogens with one attached hydrogen (secondary N) is 1. The number of hydrogen-bond donors (Lipinski definition) is 1. The SMILES string of the molecule is CCCN1c2ccccc2C(=O)N2CCc3c([nH]c4ccccc34)C21. The first kappa shape index (κ1) is 14.6. The Morgan fingerprint density at radius 1 is 1.12 bits per heavy atom. The molecule has 1 amide bonds. The highest BCUT2D eigenvalue weighted by Crippen LogP contribution is 2.43. The third-order valence-electron chi connectivity index (χ3n) is 5.47. The second-order valence-corrected chi connectivity index (χ2v) is 6.90. The van der Waals surface area contributed by atoms with Crippen LogP contribution >= 0.6 is 0 Å². The second kappa shape index (κ2) is 5.38. The van der Waals surface area contributed by atoms with Crippen LogP contribution in [0.4, 0.5) is 5.69 Å². The molecule has 3 heterocycles. The molecule has 2 aliphatic heterocycles. The zero-order valence-electron chi connectivity index (χ0n) is 14.3. The van der Waals surface area contributed by atoms with Crippen LogP contribution in [0.3, 0.4) is 0 Å². The summed E-state index contributed by atoms with van der Waals surface area (Å²) in [5, 5.41) is 1.29. The number of carbonyl (C=O) groups excluding carboxylic acids is 1. The van der Waals surface area contributed by atoms with Crippen molar-refractivity contribution < 1.29 is 4.79 Å². The first-order valence-corrected chi connectivity index (χ1v) is 9.05. The molecule has 5 rings (SSSR count). The molecule has 1 atom stereocenters. The summed E-state index contributed by atoms with van der Waals surface area (Å²) in [5.41, 5.74) is 5.60. The van der Waals surface area contributed by atoms with Crippen LogP contribution in [-0.2, 0) is 6.42 Å². The largest absolute Gasteiger partial charge is 0.355 e. The molecule has 0 radical (unpaired) electrons. The fraction of sp³-hybridized carbons (Fsp3) is 0.286. The molecule has 0 bridgehead atoms. The Hall–Kier alpha value is -2.75. The average Bonchev–Trinajstić information content (AvgIpc) is 3.03. The number of fused-ring (bicyclic) bond motifs is 6. The molecule has 1 unspecified atom stereocenters. The molecule has 126 valence electrons. The van der Waals surface area contributed by atoms with Gasteiger partial charge in [-0.25, -0.2) is 0 Å². The third kappa shape index (κ3) is 1.97. The summed E-state index contributed by atoms with van der Waals surface area (Å²) in [7, 11) is 0. The first-order valence-electron chi connectivity index (χ1n) is 9.05. The number of amides is 1. The highest BCUT2D eigenvalue weighted by atomic mass is 16.2. The fourth-order valence-corrected chi connectivity index (χ4v) is 4.43. The van der Waals surface area contributed by atoms with Gasteiger partial charge in [-0.3, -0.25) is 4.79 Å². The number of hydrogen-bond acceptors (Lipinski definition) is 2. The van der Waals surface area contributed by atoms with Crippen LogP contribution in [0.5, 0.6) is 0 Å². The number of nitrogens with zero attached hydrogens (tertiary/aromatic N) is 2. The molecule has 3 aromatic rings. The quantitative estimate of drug-likeness (QED) is 0.768. The molecule has 4 heteroatoms. The summed E-state index contributed by atoms with van der Waals surface area (Å²) >= 11 is 0. The number of anilines is 1. The lowest BCUT2D eigenvalue weighted by Gasteiger charge is -2.47. The number of para-hydroxylation sites is 2. The lowest BCUT2D eigenvalue weighted by atomic mass is 9.95. The van der Waals surface area contributed by atoms with Gasteiger partial charge in [0, 0.05) is 24.0 Å². The summed E-state index contributed by atoms with van der Waals surface area (Å²) in [4.78, 5) is 21.2. The van der Waals surface area contributed by atoms with Crippen molar-refractivity contribution >= 4 is 22.5 Å². The summed E-state index contributed by atoms with van der Waals surface area (Å²) in [6.45, 7) is 3.89. The standard InChI is InChI=1S/C21H21N3O/c1-2-12-23-18-10-6-4-8-16(18)21(25)24-13-11-15-14-7-3-5-9-17(14)22-19(15)20(23)24/h3-10,20,22H,2,11-13H2,1H3. The van der Waals surface area contributed by atoms with Gasteiger partial charge in [0.25, 0.3) is 5.91 Å². The van der Waals surface area contributed by atoms with Crippen LogP contribution in [0.25, 0.3) is 10.9 Å². The van der Waals surface area contributed by atoms with Crippen LogP contribution in [0.1, 0.15) is 41.1 Å². The van der Waals surface area contributed by atoms with Gasteiger partial charge in [0.1, 0.15) is 6.17 Å². The topological polar surface area (TPSA) is 39.3 Å². The zero-order valence-corrected chi connectivity index (χ0v) is 14.3. The van der Waals surface area contributed by atoms with Gasteiger partial charge in [-0.15, -0.1) is 0 Å². The van der Waals surface area contributed by atoms with Crippen molar-refractivity contribution in [1.29, 1.82) is 0 Å². The van der Waals surface area contributed by atoms with Gasteiger partial charge >= 0.3 is 0 Å². The van der Waals surface area contributed by atoms with Gasteiger partial charge in [0.2, 0.25) is 0 Å². The highest BCUT2D eigenvalue weighted by molar-refractivity contribution is 6.02. The average molecular weight is 331 g/mol. The molecular formula is C21H21N3O. The Morgan fingerprint density at radius 2 is 1.92 bits per heavy atom. The zero-order chi connectivity index (χ0) is 17.0. The van der Waals surface area contributed by atoms with E-state index in [-0.39, 0.29) is 12.1 Å². The van der Waals surface area contributed by atoms with E-state index in [2.05, 4.69) is 47.1 Å². The lowest BCUT2D eigenvalue weighted by Crippen LogP contribution is -2.52. The van der Waals surface area contributed by atoms with Crippen molar-refractivity contribution in [2.75, 3.05) is 18.0 Å². The molecule has 0 fully saturated rings. The van der Waals surface area contributed by atoms with Crippen LogP contribution in [0.15, 0.2) is 48.5 Å². The van der Waals surface area contributed by atoms with Gasteiger partial charge in [0.15, 0.2) is 0 Å². The minimum absolute atomic E-state index is 0.0292. The number of benzene rings is 2. The van der Waals surface area contributed by atoms with Crippen molar-refractivity contribution in [2.45, 2.75) is 25.9 Å². The first-order chi connectivity index (χ1) is 12.3. The maximum Gasteiger partial charge on any atom is 0.257 e. The van der Waals surface area contributed by atoms with E-state index < -0.39 is 0 Å². The molecule has 2 aliphatic rings. The van der Waals surface area contributed by atoms with E-state index in [4.69, 9.17) is 0 Å². The Kier molecular flexibility index (Phi) is 3.14. The van der Waals surface area contributed by atoms with Crippen LogP contribution in [-0.4, -0.2) is 28.9 Å². The van der Waals surface area contributed by atoms with E-state index in [1.165, 1.54) is 16.6 Å². The van der Waals surface area contributed by atoms with E-state index >= 15 is 0 Å². The van der Waals surface area contributed by atoms with Crippen LogP contribution < -0.4 is 4.90 Å². The predicted molar refractivity (Wildman–Crippen MR) is 99.9 cm³/mol. The van der Waals surface area contributed by atoms with Gasteiger partial charge in [-0.05, 0) is 36.6 Å². The molecule has 4 nitrogen and oxygen atoms in total. The lowest BCUT2D eigenvalue weighted by molar-refractivity contribution is 0.0627. The van der Waals surface area contributed by atoms with Crippen LogP contribution in [0, 0.1) is 0 Å².